The summed E-state index contributed by atoms with van der Waals surface area (Å²) in [5.74, 6) is 0.713. The zero-order valence-corrected chi connectivity index (χ0v) is 19.9. The Kier molecular flexibility index (Phi) is 10.2. The number of nitrogens with two attached hydrogens (primary N) is 1. The molecule has 1 aliphatic heterocycles. The molecule has 1 aromatic carbocycles. The predicted octanol–water partition coefficient (Wildman–Crippen LogP) is 3.00. The molecule has 1 saturated heterocycles. The Hall–Kier alpha value is -1.35. The number of benzene rings is 1. The quantitative estimate of drug-likeness (QED) is 0.310. The molecule has 1 aromatic rings. The molecule has 1 atom stereocenters. The lowest BCUT2D eigenvalue weighted by Crippen LogP contribution is -2.43. The van der Waals surface area contributed by atoms with Crippen molar-refractivity contribution >= 4 is 35.8 Å². The van der Waals surface area contributed by atoms with Gasteiger partial charge in [0.2, 0.25) is 5.91 Å². The highest BCUT2D eigenvalue weighted by molar-refractivity contribution is 14.0. The predicted molar refractivity (Wildman–Crippen MR) is 129 cm³/mol. The molecule has 1 saturated carbocycles. The first-order chi connectivity index (χ1) is 13.6. The van der Waals surface area contributed by atoms with Crippen molar-refractivity contribution in [2.75, 3.05) is 20.1 Å². The minimum Gasteiger partial charge on any atom is -0.369 e. The number of hydrogen-bond donors (Lipinski definition) is 3. The molecule has 6 nitrogen and oxygen atoms in total. The number of nitrogens with one attached hydrogen (secondary N) is 2. The number of nitrogens with zero attached hydrogens (tertiary/aromatic N) is 2. The summed E-state index contributed by atoms with van der Waals surface area (Å²) >= 11 is 0. The van der Waals surface area contributed by atoms with Crippen LogP contribution in [0.5, 0.6) is 0 Å². The fourth-order valence-corrected chi connectivity index (χ4v) is 4.35. The van der Waals surface area contributed by atoms with Gasteiger partial charge in [-0.15, -0.1) is 24.0 Å². The lowest BCUT2D eigenvalue weighted by Gasteiger charge is -2.31. The number of hydrogen-bond acceptors (Lipinski definition) is 3. The Balaban J connectivity index is 0.00000300. The van der Waals surface area contributed by atoms with Crippen molar-refractivity contribution in [1.29, 1.82) is 0 Å². The van der Waals surface area contributed by atoms with Gasteiger partial charge < -0.3 is 16.4 Å². The molecule has 7 heteroatoms. The molecular formula is C22H36IN5O. The highest BCUT2D eigenvalue weighted by atomic mass is 127. The van der Waals surface area contributed by atoms with Crippen LogP contribution in [0.1, 0.15) is 56.1 Å². The monoisotopic (exact) mass is 513 g/mol. The number of likely N-dealkylation sites (tertiary alicyclic amines) is 1. The fourth-order valence-electron chi connectivity index (χ4n) is 4.35. The van der Waals surface area contributed by atoms with E-state index in [1.165, 1.54) is 43.2 Å². The van der Waals surface area contributed by atoms with Crippen LogP contribution in [0, 0.1) is 5.92 Å². The summed E-state index contributed by atoms with van der Waals surface area (Å²) in [6.45, 7) is 3.43. The minimum atomic E-state index is -0.167. The standard InChI is InChI=1S/C22H35N5O.HI/c1-24-22(26-20-10-3-2-4-11-20)25-14-17-7-5-8-18(13-17)15-27-12-6-9-19(16-27)21(23)28;/h5,7-8,13,19-20H,2-4,6,9-12,14-16H2,1H3,(H2,23,28)(H2,24,25,26);1H. The third kappa shape index (κ3) is 7.77. The first-order valence-corrected chi connectivity index (χ1v) is 10.7. The summed E-state index contributed by atoms with van der Waals surface area (Å²) in [6, 6.07) is 9.20. The maximum Gasteiger partial charge on any atom is 0.221 e. The molecule has 4 N–H and O–H groups in total. The van der Waals surface area contributed by atoms with Crippen LogP contribution >= 0.6 is 24.0 Å². The molecule has 1 amide bonds. The van der Waals surface area contributed by atoms with E-state index in [-0.39, 0.29) is 35.8 Å². The van der Waals surface area contributed by atoms with Crippen molar-refractivity contribution in [3.05, 3.63) is 35.4 Å². The summed E-state index contributed by atoms with van der Waals surface area (Å²) in [5, 5.41) is 7.01. The number of guanidine groups is 1. The Morgan fingerprint density at radius 2 is 1.93 bits per heavy atom. The molecule has 1 unspecified atom stereocenters. The van der Waals surface area contributed by atoms with E-state index < -0.39 is 0 Å². The highest BCUT2D eigenvalue weighted by Crippen LogP contribution is 2.19. The number of amides is 1. The summed E-state index contributed by atoms with van der Waals surface area (Å²) in [4.78, 5) is 18.2. The molecule has 29 heavy (non-hydrogen) atoms. The van der Waals surface area contributed by atoms with Crippen LogP contribution in [-0.4, -0.2) is 42.9 Å². The second kappa shape index (κ2) is 12.4. The van der Waals surface area contributed by atoms with Gasteiger partial charge in [-0.3, -0.25) is 14.7 Å². The van der Waals surface area contributed by atoms with Gasteiger partial charge in [-0.05, 0) is 43.4 Å². The third-order valence-electron chi connectivity index (χ3n) is 5.94. The van der Waals surface area contributed by atoms with Gasteiger partial charge in [-0.25, -0.2) is 0 Å². The molecule has 1 aliphatic carbocycles. The maximum absolute atomic E-state index is 11.5. The number of carbonyl (C=O) groups excluding carboxylic acids is 1. The van der Waals surface area contributed by atoms with Crippen molar-refractivity contribution in [2.45, 2.75) is 64.1 Å². The van der Waals surface area contributed by atoms with E-state index in [1.54, 1.807) is 0 Å². The molecule has 0 aromatic heterocycles. The van der Waals surface area contributed by atoms with Crippen molar-refractivity contribution in [3.8, 4) is 0 Å². The molecule has 0 radical (unpaired) electrons. The minimum absolute atomic E-state index is 0. The van der Waals surface area contributed by atoms with E-state index in [0.717, 1.165) is 45.0 Å². The van der Waals surface area contributed by atoms with Gasteiger partial charge >= 0.3 is 0 Å². The molecular weight excluding hydrogens is 477 g/mol. The lowest BCUT2D eigenvalue weighted by molar-refractivity contribution is -0.123. The Labute approximate surface area is 192 Å². The second-order valence-corrected chi connectivity index (χ2v) is 8.20. The number of carbonyl (C=O) groups is 1. The van der Waals surface area contributed by atoms with Crippen LogP contribution in [0.25, 0.3) is 0 Å². The molecule has 2 fully saturated rings. The number of halogens is 1. The van der Waals surface area contributed by atoms with Gasteiger partial charge in [-0.1, -0.05) is 43.5 Å². The smallest absolute Gasteiger partial charge is 0.221 e. The van der Waals surface area contributed by atoms with Crippen LogP contribution < -0.4 is 16.4 Å². The SMILES string of the molecule is CN=C(NCc1cccc(CN2CCCC(C(N)=O)C2)c1)NC1CCCCC1.I. The summed E-state index contributed by atoms with van der Waals surface area (Å²) in [6.07, 6.45) is 8.40. The Morgan fingerprint density at radius 3 is 2.66 bits per heavy atom. The normalized spacial score (nSPS) is 21.3. The van der Waals surface area contributed by atoms with E-state index in [1.807, 2.05) is 7.05 Å². The van der Waals surface area contributed by atoms with Gasteiger partial charge in [0.05, 0.1) is 5.92 Å². The van der Waals surface area contributed by atoms with Gasteiger partial charge in [0.1, 0.15) is 0 Å². The summed E-state index contributed by atoms with van der Waals surface area (Å²) < 4.78 is 0. The summed E-state index contributed by atoms with van der Waals surface area (Å²) in [7, 11) is 1.83. The maximum atomic E-state index is 11.5. The zero-order valence-electron chi connectivity index (χ0n) is 17.5. The van der Waals surface area contributed by atoms with Gasteiger partial charge in [0, 0.05) is 32.7 Å². The highest BCUT2D eigenvalue weighted by Gasteiger charge is 2.23. The zero-order chi connectivity index (χ0) is 19.8. The topological polar surface area (TPSA) is 82.8 Å². The van der Waals surface area contributed by atoms with Crippen LogP contribution in [0.15, 0.2) is 29.3 Å². The van der Waals surface area contributed by atoms with E-state index in [9.17, 15) is 4.79 Å². The molecule has 0 bridgehead atoms. The average molecular weight is 513 g/mol. The van der Waals surface area contributed by atoms with Crippen molar-refractivity contribution in [2.24, 2.45) is 16.6 Å². The largest absolute Gasteiger partial charge is 0.369 e. The number of aliphatic imine (C=N–C) groups is 1. The number of piperidine rings is 1. The van der Waals surface area contributed by atoms with Crippen LogP contribution in [0.3, 0.4) is 0 Å². The van der Waals surface area contributed by atoms with Gasteiger partial charge in [0.15, 0.2) is 5.96 Å². The third-order valence-corrected chi connectivity index (χ3v) is 5.94. The van der Waals surface area contributed by atoms with Crippen LogP contribution in [-0.2, 0) is 17.9 Å². The fraction of sp³-hybridized carbons (Fsp3) is 0.636. The van der Waals surface area contributed by atoms with Crippen molar-refractivity contribution < 1.29 is 4.79 Å². The van der Waals surface area contributed by atoms with Crippen LogP contribution in [0.4, 0.5) is 0 Å². The average Bonchev–Trinajstić information content (AvgIpc) is 2.72. The van der Waals surface area contributed by atoms with E-state index >= 15 is 0 Å². The van der Waals surface area contributed by atoms with Crippen molar-refractivity contribution in [3.63, 3.8) is 0 Å². The molecule has 162 valence electrons. The van der Waals surface area contributed by atoms with Crippen LogP contribution in [0.2, 0.25) is 0 Å². The number of primary amides is 1. The first-order valence-electron chi connectivity index (χ1n) is 10.7. The van der Waals surface area contributed by atoms with Gasteiger partial charge in [-0.2, -0.15) is 0 Å². The summed E-state index contributed by atoms with van der Waals surface area (Å²) in [5.41, 5.74) is 8.02. The van der Waals surface area contributed by atoms with E-state index in [2.05, 4.69) is 44.8 Å². The van der Waals surface area contributed by atoms with E-state index in [4.69, 9.17) is 5.73 Å². The van der Waals surface area contributed by atoms with E-state index in [0.29, 0.717) is 6.04 Å². The first kappa shape index (κ1) is 23.9. The number of rotatable bonds is 6. The Bertz CT molecular complexity index is 675. The molecule has 3 rings (SSSR count). The molecule has 1 heterocycles. The second-order valence-electron chi connectivity index (χ2n) is 8.20. The molecule has 2 aliphatic rings. The molecule has 0 spiro atoms. The van der Waals surface area contributed by atoms with Crippen molar-refractivity contribution in [1.82, 2.24) is 15.5 Å². The van der Waals surface area contributed by atoms with Gasteiger partial charge in [0.25, 0.3) is 0 Å². The Morgan fingerprint density at radius 1 is 1.17 bits per heavy atom. The lowest BCUT2D eigenvalue weighted by atomic mass is 9.96.